The van der Waals surface area contributed by atoms with Crippen molar-refractivity contribution in [2.75, 3.05) is 13.2 Å². The van der Waals surface area contributed by atoms with E-state index in [4.69, 9.17) is 88.6 Å². The Morgan fingerprint density at radius 3 is 1.25 bits per heavy atom. The number of rotatable bonds is 14. The van der Waals surface area contributed by atoms with Gasteiger partial charge in [0.2, 0.25) is 0 Å². The van der Waals surface area contributed by atoms with Gasteiger partial charge < -0.3 is 18.9 Å². The van der Waals surface area contributed by atoms with Gasteiger partial charge in [-0.05, 0) is 36.1 Å². The van der Waals surface area contributed by atoms with Crippen LogP contribution in [0.4, 0.5) is 0 Å². The number of carbonyl (C=O) groups is 4. The van der Waals surface area contributed by atoms with Gasteiger partial charge in [-0.2, -0.15) is 0 Å². The molecule has 0 bridgehead atoms. The molecule has 0 saturated carbocycles. The highest BCUT2D eigenvalue weighted by atomic mass is 35.5. The number of unbranched alkanes of at least 4 members (excludes halogenated alkanes) is 4. The van der Waals surface area contributed by atoms with Crippen molar-refractivity contribution in [1.82, 2.24) is 0 Å². The second-order valence-corrected chi connectivity index (χ2v) is 13.6. The molecule has 52 heavy (non-hydrogen) atoms. The maximum absolute atomic E-state index is 13.1. The van der Waals surface area contributed by atoms with Gasteiger partial charge in [0.05, 0.1) is 54.5 Å². The number of carbonyl (C=O) groups excluding carboxylic acids is 4. The Kier molecular flexibility index (Phi) is 15.5. The first kappa shape index (κ1) is 41.3. The third-order valence-electron chi connectivity index (χ3n) is 7.61. The van der Waals surface area contributed by atoms with Crippen LogP contribution in [0.1, 0.15) is 73.1 Å². The van der Waals surface area contributed by atoms with Crippen LogP contribution in [0.25, 0.3) is 22.3 Å². The standard InChI is InChI=1S/C38H32Cl6O8/c1-3-5-11-17-49-35(45)23-15-9-7-13-21(23)29-31(41)25(39)19-27(33(29)43)51-37(47)38(48)52-28-20-26(40)32(42)30(34(28)44)22-14-8-10-16-24(22)36(46)50-18-12-6-4-2/h7-10,13-16,19-20H,3-6,11-12,17-18H2,1-2H3. The van der Waals surface area contributed by atoms with E-state index in [1.54, 1.807) is 36.4 Å². The number of hydrogen-bond acceptors (Lipinski definition) is 8. The molecule has 0 aromatic heterocycles. The largest absolute Gasteiger partial charge is 0.462 e. The van der Waals surface area contributed by atoms with Crippen LogP contribution in [0, 0.1) is 0 Å². The fraction of sp³-hybridized carbons (Fsp3) is 0.263. The van der Waals surface area contributed by atoms with E-state index >= 15 is 0 Å². The molecule has 0 fully saturated rings. The summed E-state index contributed by atoms with van der Waals surface area (Å²) in [4.78, 5) is 52.2. The van der Waals surface area contributed by atoms with Gasteiger partial charge in [0.1, 0.15) is 0 Å². The molecule has 0 spiro atoms. The SMILES string of the molecule is CCCCCOC(=O)c1ccccc1-c1c(Cl)c(Cl)cc(OC(=O)C(=O)Oc2cc(Cl)c(Cl)c(-c3ccccc3C(=O)OCCCCC)c2Cl)c1Cl. The lowest BCUT2D eigenvalue weighted by Gasteiger charge is -2.17. The highest BCUT2D eigenvalue weighted by Gasteiger charge is 2.29. The first-order valence-electron chi connectivity index (χ1n) is 16.2. The molecule has 4 aromatic rings. The lowest BCUT2D eigenvalue weighted by atomic mass is 9.99. The molecule has 0 aliphatic heterocycles. The Morgan fingerprint density at radius 1 is 0.519 bits per heavy atom. The van der Waals surface area contributed by atoms with E-state index in [1.807, 2.05) is 13.8 Å². The minimum absolute atomic E-state index is 0.0412. The molecule has 0 radical (unpaired) electrons. The first-order valence-corrected chi connectivity index (χ1v) is 18.5. The van der Waals surface area contributed by atoms with E-state index in [0.29, 0.717) is 12.8 Å². The number of ether oxygens (including phenoxy) is 4. The molecule has 0 amide bonds. The molecule has 274 valence electrons. The molecule has 4 aromatic carbocycles. The molecule has 0 aliphatic carbocycles. The van der Waals surface area contributed by atoms with Gasteiger partial charge in [0.25, 0.3) is 0 Å². The first-order chi connectivity index (χ1) is 24.9. The topological polar surface area (TPSA) is 105 Å². The summed E-state index contributed by atoms with van der Waals surface area (Å²) in [6, 6.07) is 15.0. The zero-order valence-electron chi connectivity index (χ0n) is 28.0. The highest BCUT2D eigenvalue weighted by molar-refractivity contribution is 6.48. The van der Waals surface area contributed by atoms with E-state index in [9.17, 15) is 19.2 Å². The molecule has 0 atom stereocenters. The zero-order valence-corrected chi connectivity index (χ0v) is 32.5. The van der Waals surface area contributed by atoms with Crippen LogP contribution < -0.4 is 9.47 Å². The maximum Gasteiger partial charge on any atom is 0.423 e. The monoisotopic (exact) mass is 826 g/mol. The fourth-order valence-corrected chi connectivity index (χ4v) is 6.58. The van der Waals surface area contributed by atoms with E-state index < -0.39 is 23.9 Å². The Bertz CT molecular complexity index is 1840. The van der Waals surface area contributed by atoms with Crippen molar-refractivity contribution in [3.05, 3.63) is 102 Å². The number of benzene rings is 4. The molecule has 0 unspecified atom stereocenters. The summed E-state index contributed by atoms with van der Waals surface area (Å²) >= 11 is 39.2. The van der Waals surface area contributed by atoms with Crippen molar-refractivity contribution in [2.45, 2.75) is 52.4 Å². The van der Waals surface area contributed by atoms with Crippen LogP contribution >= 0.6 is 69.6 Å². The van der Waals surface area contributed by atoms with Crippen molar-refractivity contribution < 1.29 is 38.1 Å². The second kappa shape index (κ2) is 19.5. The van der Waals surface area contributed by atoms with Crippen LogP contribution in [-0.4, -0.2) is 37.1 Å². The molecule has 0 heterocycles. The van der Waals surface area contributed by atoms with Crippen LogP contribution in [0.15, 0.2) is 60.7 Å². The fourth-order valence-electron chi connectivity index (χ4n) is 5.01. The van der Waals surface area contributed by atoms with Gasteiger partial charge in [0, 0.05) is 23.3 Å². The lowest BCUT2D eigenvalue weighted by Crippen LogP contribution is -2.25. The van der Waals surface area contributed by atoms with Crippen molar-refractivity contribution in [3.63, 3.8) is 0 Å². The van der Waals surface area contributed by atoms with E-state index in [1.165, 1.54) is 12.1 Å². The van der Waals surface area contributed by atoms with Gasteiger partial charge >= 0.3 is 23.9 Å². The summed E-state index contributed by atoms with van der Waals surface area (Å²) < 4.78 is 21.5. The lowest BCUT2D eigenvalue weighted by molar-refractivity contribution is -0.156. The van der Waals surface area contributed by atoms with Crippen molar-refractivity contribution >= 4 is 93.5 Å². The minimum atomic E-state index is -1.52. The molecule has 8 nitrogen and oxygen atoms in total. The van der Waals surface area contributed by atoms with Gasteiger partial charge in [-0.3, -0.25) is 0 Å². The van der Waals surface area contributed by atoms with Crippen LogP contribution in [0.2, 0.25) is 30.1 Å². The van der Waals surface area contributed by atoms with Crippen molar-refractivity contribution in [3.8, 4) is 33.8 Å². The summed E-state index contributed by atoms with van der Waals surface area (Å²) in [6.07, 6.45) is 5.05. The average Bonchev–Trinajstić information content (AvgIpc) is 3.13. The molecule has 14 heteroatoms. The predicted octanol–water partition coefficient (Wildman–Crippen LogP) is 12.1. The van der Waals surface area contributed by atoms with Crippen LogP contribution in [-0.2, 0) is 19.1 Å². The second-order valence-electron chi connectivity index (χ2n) is 11.3. The van der Waals surface area contributed by atoms with Crippen LogP contribution in [0.5, 0.6) is 11.5 Å². The van der Waals surface area contributed by atoms with Gasteiger partial charge in [-0.1, -0.05) is 146 Å². The molecular formula is C38H32Cl6O8. The Morgan fingerprint density at radius 2 is 0.885 bits per heavy atom. The quantitative estimate of drug-likeness (QED) is 0.0407. The highest BCUT2D eigenvalue weighted by Crippen LogP contribution is 2.47. The van der Waals surface area contributed by atoms with E-state index in [-0.39, 0.29) is 88.2 Å². The Hall–Kier alpha value is -3.50. The summed E-state index contributed by atoms with van der Waals surface area (Å²) in [7, 11) is 0. The van der Waals surface area contributed by atoms with Crippen molar-refractivity contribution in [1.29, 1.82) is 0 Å². The van der Waals surface area contributed by atoms with E-state index in [0.717, 1.165) is 37.8 Å². The van der Waals surface area contributed by atoms with Gasteiger partial charge in [-0.25, -0.2) is 19.2 Å². The predicted molar refractivity (Wildman–Crippen MR) is 205 cm³/mol. The third kappa shape index (κ3) is 9.92. The van der Waals surface area contributed by atoms with Crippen LogP contribution in [0.3, 0.4) is 0 Å². The number of halogens is 6. The Labute approximate surface area is 331 Å². The molecule has 4 rings (SSSR count). The normalized spacial score (nSPS) is 10.8. The maximum atomic E-state index is 13.1. The van der Waals surface area contributed by atoms with Crippen molar-refractivity contribution in [2.24, 2.45) is 0 Å². The Balaban J connectivity index is 1.62. The molecular weight excluding hydrogens is 797 g/mol. The molecule has 0 saturated heterocycles. The number of esters is 4. The zero-order chi connectivity index (χ0) is 37.9. The minimum Gasteiger partial charge on any atom is -0.462 e. The number of hydrogen-bond donors (Lipinski definition) is 0. The molecule has 0 N–H and O–H groups in total. The van der Waals surface area contributed by atoms with E-state index in [2.05, 4.69) is 0 Å². The summed E-state index contributed by atoms with van der Waals surface area (Å²) in [5, 5.41) is -0.725. The van der Waals surface area contributed by atoms with Gasteiger partial charge in [0.15, 0.2) is 11.5 Å². The third-order valence-corrected chi connectivity index (χ3v) is 9.94. The summed E-state index contributed by atoms with van der Waals surface area (Å²) in [5.41, 5.74) is 0.901. The smallest absolute Gasteiger partial charge is 0.423 e. The summed E-state index contributed by atoms with van der Waals surface area (Å²) in [6.45, 7) is 4.48. The van der Waals surface area contributed by atoms with Gasteiger partial charge in [-0.15, -0.1) is 0 Å². The average molecular weight is 829 g/mol. The molecule has 0 aliphatic rings. The summed E-state index contributed by atoms with van der Waals surface area (Å²) in [5.74, 6) is -4.99.